The second kappa shape index (κ2) is 8.98. The summed E-state index contributed by atoms with van der Waals surface area (Å²) in [6.45, 7) is 0. The van der Waals surface area contributed by atoms with Crippen molar-refractivity contribution in [1.82, 2.24) is 10.2 Å². The van der Waals surface area contributed by atoms with Gasteiger partial charge in [0.05, 0.1) is 20.0 Å². The van der Waals surface area contributed by atoms with Crippen LogP contribution in [-0.2, 0) is 20.8 Å². The Morgan fingerprint density at radius 1 is 1.18 bits per heavy atom. The Kier molecular flexibility index (Phi) is 6.04. The van der Waals surface area contributed by atoms with Crippen LogP contribution in [0.1, 0.15) is 5.56 Å². The molecule has 2 N–H and O–H groups in total. The summed E-state index contributed by atoms with van der Waals surface area (Å²) >= 11 is 5.42. The lowest BCUT2D eigenvalue weighted by atomic mass is 10.0. The maximum absolute atomic E-state index is 12.8. The minimum Gasteiger partial charge on any atom is -0.477 e. The number of carbonyl (C=O) groups is 3. The van der Waals surface area contributed by atoms with Gasteiger partial charge in [0, 0.05) is 16.7 Å². The van der Waals surface area contributed by atoms with Gasteiger partial charge in [0.15, 0.2) is 5.43 Å². The van der Waals surface area contributed by atoms with E-state index in [1.165, 1.54) is 57.2 Å². The normalized spacial score (nSPS) is 19.9. The predicted molar refractivity (Wildman–Crippen MR) is 132 cm³/mol. The molecule has 5 rings (SSSR count). The molecule has 168 valence electrons. The fourth-order valence-electron chi connectivity index (χ4n) is 3.71. The molecule has 0 aliphatic carbocycles. The zero-order valence-corrected chi connectivity index (χ0v) is 20.1. The van der Waals surface area contributed by atoms with Gasteiger partial charge < -0.3 is 10.4 Å². The Balaban J connectivity index is 1.35. The number of hydrogen-bond acceptors (Lipinski definition) is 8. The van der Waals surface area contributed by atoms with Crippen LogP contribution in [0, 0.1) is 0 Å². The van der Waals surface area contributed by atoms with Crippen LogP contribution in [0.25, 0.3) is 9.40 Å². The number of carboxylic acids is 1. The Hall–Kier alpha value is -2.60. The molecule has 1 aromatic carbocycles. The van der Waals surface area contributed by atoms with Gasteiger partial charge in [0.25, 0.3) is 5.91 Å². The second-order valence-electron chi connectivity index (χ2n) is 7.34. The van der Waals surface area contributed by atoms with Crippen molar-refractivity contribution in [1.29, 1.82) is 0 Å². The number of amides is 2. The lowest BCUT2D eigenvalue weighted by molar-refractivity contribution is -0.150. The summed E-state index contributed by atoms with van der Waals surface area (Å²) in [5.41, 5.74) is 0.662. The first-order chi connectivity index (χ1) is 15.9. The molecular weight excluding hydrogens is 501 g/mol. The average Bonchev–Trinajstić information content (AvgIpc) is 3.27. The zero-order valence-electron chi connectivity index (χ0n) is 16.8. The number of hydrogen-bond donors (Lipinski definition) is 2. The molecule has 0 spiro atoms. The van der Waals surface area contributed by atoms with Crippen molar-refractivity contribution in [2.45, 2.75) is 22.0 Å². The Bertz CT molecular complexity index is 1360. The number of rotatable bonds is 6. The van der Waals surface area contributed by atoms with E-state index in [1.807, 2.05) is 41.8 Å². The number of β-lactam (4-membered cyclic amide) rings is 1. The molecule has 1 fully saturated rings. The van der Waals surface area contributed by atoms with E-state index in [4.69, 9.17) is 0 Å². The lowest BCUT2D eigenvalue weighted by Gasteiger charge is -2.49. The largest absolute Gasteiger partial charge is 0.477 e. The summed E-state index contributed by atoms with van der Waals surface area (Å²) < 4.78 is 2.22. The van der Waals surface area contributed by atoms with E-state index in [0.29, 0.717) is 19.6 Å². The molecule has 0 saturated carbocycles. The van der Waals surface area contributed by atoms with Crippen LogP contribution in [-0.4, -0.2) is 45.0 Å². The monoisotopic (exact) mass is 516 g/mol. The van der Waals surface area contributed by atoms with Gasteiger partial charge in [-0.2, -0.15) is 0 Å². The van der Waals surface area contributed by atoms with Crippen molar-refractivity contribution < 1.29 is 19.5 Å². The molecule has 2 amide bonds. The number of nitrogens with zero attached hydrogens (tertiary/aromatic N) is 1. The van der Waals surface area contributed by atoms with Crippen molar-refractivity contribution in [3.8, 4) is 0 Å². The maximum atomic E-state index is 12.8. The van der Waals surface area contributed by atoms with Gasteiger partial charge in [-0.1, -0.05) is 42.1 Å². The first-order valence-electron chi connectivity index (χ1n) is 9.86. The van der Waals surface area contributed by atoms with Crippen molar-refractivity contribution in [3.63, 3.8) is 0 Å². The molecule has 1 saturated heterocycles. The average molecular weight is 517 g/mol. The van der Waals surface area contributed by atoms with E-state index in [-0.39, 0.29) is 23.5 Å². The maximum Gasteiger partial charge on any atom is 0.353 e. The molecule has 3 aromatic rings. The van der Waals surface area contributed by atoms with E-state index >= 15 is 0 Å². The van der Waals surface area contributed by atoms with Crippen LogP contribution >= 0.6 is 46.2 Å². The zero-order chi connectivity index (χ0) is 23.1. The molecule has 1 unspecified atom stereocenters. The molecule has 7 nitrogen and oxygen atoms in total. The smallest absolute Gasteiger partial charge is 0.353 e. The lowest BCUT2D eigenvalue weighted by Crippen LogP contribution is -2.70. The van der Waals surface area contributed by atoms with Crippen molar-refractivity contribution in [2.24, 2.45) is 0 Å². The Morgan fingerprint density at radius 3 is 2.73 bits per heavy atom. The predicted octanol–water partition coefficient (Wildman–Crippen LogP) is 3.35. The van der Waals surface area contributed by atoms with Gasteiger partial charge in [-0.05, 0) is 17.0 Å². The van der Waals surface area contributed by atoms with Crippen molar-refractivity contribution >= 4 is 73.4 Å². The van der Waals surface area contributed by atoms with Gasteiger partial charge in [0.1, 0.15) is 17.1 Å². The molecule has 33 heavy (non-hydrogen) atoms. The SMILES string of the molecule is O=C(Cc1ccccc1)NC1C(=O)N2C(C(=O)O)=C(Sc3cc(=O)c4sccc4s3)CS[C@H]12. The van der Waals surface area contributed by atoms with E-state index in [1.54, 1.807) is 0 Å². The third kappa shape index (κ3) is 4.21. The third-order valence-corrected chi connectivity index (χ3v) is 10.00. The van der Waals surface area contributed by atoms with Gasteiger partial charge in [-0.3, -0.25) is 19.3 Å². The summed E-state index contributed by atoms with van der Waals surface area (Å²) in [4.78, 5) is 51.4. The van der Waals surface area contributed by atoms with Gasteiger partial charge in [-0.25, -0.2) is 4.79 Å². The number of nitrogens with one attached hydrogen (secondary N) is 1. The van der Waals surface area contributed by atoms with Crippen molar-refractivity contribution in [3.05, 3.63) is 74.2 Å². The van der Waals surface area contributed by atoms with E-state index in [0.717, 1.165) is 10.3 Å². The Labute approximate surface area is 204 Å². The van der Waals surface area contributed by atoms with Crippen molar-refractivity contribution in [2.75, 3.05) is 5.75 Å². The number of aliphatic carboxylic acids is 1. The summed E-state index contributed by atoms with van der Waals surface area (Å²) in [5, 5.41) is 14.0. The molecule has 2 aromatic heterocycles. The fraction of sp³-hybridized carbons (Fsp3) is 0.182. The van der Waals surface area contributed by atoms with Crippen LogP contribution in [0.4, 0.5) is 0 Å². The first kappa shape index (κ1) is 22.2. The number of fused-ring (bicyclic) bond motifs is 2. The standard InChI is InChI=1S/C22H16N2O5S4/c25-12-9-16(32-13-6-7-30-19(12)13)33-14-10-31-21-17(20(27)24(21)18(14)22(28)29)23-15(26)8-11-4-2-1-3-5-11/h1-7,9,17,21H,8,10H2,(H,23,26)(H,28,29)/t17?,21-/m1/s1. The quantitative estimate of drug-likeness (QED) is 0.484. The highest BCUT2D eigenvalue weighted by Crippen LogP contribution is 2.46. The van der Waals surface area contributed by atoms with Crippen LogP contribution < -0.4 is 10.7 Å². The molecule has 2 atom stereocenters. The molecule has 0 bridgehead atoms. The number of carboxylic acid groups (broad SMARTS) is 1. The van der Waals surface area contributed by atoms with E-state index in [2.05, 4.69) is 5.32 Å². The molecule has 2 aliphatic rings. The molecule has 2 aliphatic heterocycles. The summed E-state index contributed by atoms with van der Waals surface area (Å²) in [6.07, 6.45) is 0.148. The Morgan fingerprint density at radius 2 is 1.97 bits per heavy atom. The van der Waals surface area contributed by atoms with E-state index in [9.17, 15) is 24.3 Å². The fourth-order valence-corrected chi connectivity index (χ4v) is 8.54. The number of benzene rings is 1. The highest BCUT2D eigenvalue weighted by molar-refractivity contribution is 8.07. The first-order valence-corrected chi connectivity index (χ1v) is 13.4. The van der Waals surface area contributed by atoms with Crippen LogP contribution in [0.15, 0.2) is 67.5 Å². The summed E-state index contributed by atoms with van der Waals surface area (Å²) in [6, 6.07) is 11.8. The minimum atomic E-state index is -1.20. The third-order valence-electron chi connectivity index (χ3n) is 5.20. The van der Waals surface area contributed by atoms with Gasteiger partial charge in [0.2, 0.25) is 5.91 Å². The molecule has 0 radical (unpaired) electrons. The van der Waals surface area contributed by atoms with Crippen LogP contribution in [0.5, 0.6) is 0 Å². The summed E-state index contributed by atoms with van der Waals surface area (Å²) in [5.74, 6) is -1.55. The highest BCUT2D eigenvalue weighted by atomic mass is 32.2. The molecule has 11 heteroatoms. The van der Waals surface area contributed by atoms with E-state index < -0.39 is 23.3 Å². The second-order valence-corrected chi connectivity index (χ2v) is 11.8. The highest BCUT2D eigenvalue weighted by Gasteiger charge is 2.54. The topological polar surface area (TPSA) is 104 Å². The minimum absolute atomic E-state index is 0.0765. The number of thioether (sulfide) groups is 2. The van der Waals surface area contributed by atoms with Gasteiger partial charge in [-0.15, -0.1) is 34.4 Å². The molecular formula is C22H16N2O5S4. The number of carbonyl (C=O) groups excluding carboxylic acids is 2. The van der Waals surface area contributed by atoms with Gasteiger partial charge >= 0.3 is 5.97 Å². The molecule has 4 heterocycles. The van der Waals surface area contributed by atoms with Crippen LogP contribution in [0.3, 0.4) is 0 Å². The summed E-state index contributed by atoms with van der Waals surface area (Å²) in [7, 11) is 0. The van der Waals surface area contributed by atoms with Crippen LogP contribution in [0.2, 0.25) is 0 Å². The number of thiophene rings is 1.